The van der Waals surface area contributed by atoms with Gasteiger partial charge in [0.2, 0.25) is 5.89 Å². The van der Waals surface area contributed by atoms with Gasteiger partial charge in [-0.2, -0.15) is 0 Å². The maximum absolute atomic E-state index is 12.2. The van der Waals surface area contributed by atoms with Crippen molar-refractivity contribution in [3.8, 4) is 17.2 Å². The SMILES string of the molecule is CC[C@H](C)NC(=O)c1ccc(-c2nc(COc3ccc(C)cc3)c(C)o2)cc1. The topological polar surface area (TPSA) is 64.4 Å². The van der Waals surface area contributed by atoms with Gasteiger partial charge in [0, 0.05) is 17.2 Å². The third kappa shape index (κ3) is 4.80. The fourth-order valence-corrected chi connectivity index (χ4v) is 2.64. The lowest BCUT2D eigenvalue weighted by molar-refractivity contribution is 0.0939. The van der Waals surface area contributed by atoms with Gasteiger partial charge in [0.05, 0.1) is 0 Å². The van der Waals surface area contributed by atoms with E-state index in [-0.39, 0.29) is 11.9 Å². The number of hydrogen-bond acceptors (Lipinski definition) is 4. The number of carbonyl (C=O) groups excluding carboxylic acids is 1. The summed E-state index contributed by atoms with van der Waals surface area (Å²) in [5, 5.41) is 2.96. The molecule has 0 saturated carbocycles. The summed E-state index contributed by atoms with van der Waals surface area (Å²) in [5.74, 6) is 1.97. The van der Waals surface area contributed by atoms with Crippen LogP contribution < -0.4 is 10.1 Å². The average Bonchev–Trinajstić information content (AvgIpc) is 3.08. The van der Waals surface area contributed by atoms with Crippen LogP contribution in [0.2, 0.25) is 0 Å². The van der Waals surface area contributed by atoms with Crippen molar-refractivity contribution in [2.75, 3.05) is 0 Å². The molecule has 3 rings (SSSR count). The Kier molecular flexibility index (Phi) is 6.14. The third-order valence-electron chi connectivity index (χ3n) is 4.67. The summed E-state index contributed by atoms with van der Waals surface area (Å²) in [5.41, 5.74) is 3.39. The molecule has 0 radical (unpaired) electrons. The smallest absolute Gasteiger partial charge is 0.251 e. The van der Waals surface area contributed by atoms with E-state index >= 15 is 0 Å². The molecule has 0 aliphatic rings. The summed E-state index contributed by atoms with van der Waals surface area (Å²) < 4.78 is 11.6. The van der Waals surface area contributed by atoms with E-state index < -0.39 is 0 Å². The fraction of sp³-hybridized carbons (Fsp3) is 0.304. The second-order valence-corrected chi connectivity index (χ2v) is 6.98. The molecule has 0 aliphatic carbocycles. The molecule has 28 heavy (non-hydrogen) atoms. The molecule has 0 bridgehead atoms. The van der Waals surface area contributed by atoms with Gasteiger partial charge in [-0.1, -0.05) is 24.6 Å². The van der Waals surface area contributed by atoms with E-state index in [1.807, 2.05) is 64.1 Å². The van der Waals surface area contributed by atoms with E-state index in [9.17, 15) is 4.79 Å². The Hall–Kier alpha value is -3.08. The summed E-state index contributed by atoms with van der Waals surface area (Å²) in [6.07, 6.45) is 0.896. The number of oxazole rings is 1. The highest BCUT2D eigenvalue weighted by atomic mass is 16.5. The van der Waals surface area contributed by atoms with Gasteiger partial charge in [-0.05, 0) is 63.6 Å². The van der Waals surface area contributed by atoms with Crippen molar-refractivity contribution in [3.63, 3.8) is 0 Å². The van der Waals surface area contributed by atoms with Gasteiger partial charge in [0.25, 0.3) is 5.91 Å². The number of ether oxygens (including phenoxy) is 1. The average molecular weight is 378 g/mol. The number of benzene rings is 2. The van der Waals surface area contributed by atoms with E-state index in [1.165, 1.54) is 5.56 Å². The molecule has 5 nitrogen and oxygen atoms in total. The van der Waals surface area contributed by atoms with E-state index in [0.29, 0.717) is 18.1 Å². The second kappa shape index (κ2) is 8.74. The molecule has 2 aromatic carbocycles. The Morgan fingerprint density at radius 3 is 2.43 bits per heavy atom. The van der Waals surface area contributed by atoms with Crippen LogP contribution in [0.15, 0.2) is 52.9 Å². The molecule has 146 valence electrons. The molecule has 0 unspecified atom stereocenters. The Morgan fingerprint density at radius 1 is 1.11 bits per heavy atom. The molecule has 3 aromatic rings. The molecule has 5 heteroatoms. The van der Waals surface area contributed by atoms with Crippen LogP contribution in [0.1, 0.15) is 47.6 Å². The zero-order valence-corrected chi connectivity index (χ0v) is 16.8. The van der Waals surface area contributed by atoms with Gasteiger partial charge in [-0.15, -0.1) is 0 Å². The van der Waals surface area contributed by atoms with Crippen molar-refractivity contribution in [3.05, 3.63) is 71.1 Å². The van der Waals surface area contributed by atoms with Crippen molar-refractivity contribution in [1.29, 1.82) is 0 Å². The lowest BCUT2D eigenvalue weighted by atomic mass is 10.1. The lowest BCUT2D eigenvalue weighted by Crippen LogP contribution is -2.31. The van der Waals surface area contributed by atoms with Crippen LogP contribution in [-0.4, -0.2) is 16.9 Å². The van der Waals surface area contributed by atoms with Gasteiger partial charge in [-0.3, -0.25) is 4.79 Å². The first-order chi connectivity index (χ1) is 13.5. The summed E-state index contributed by atoms with van der Waals surface area (Å²) >= 11 is 0. The van der Waals surface area contributed by atoms with Gasteiger partial charge in [0.15, 0.2) is 0 Å². The van der Waals surface area contributed by atoms with Gasteiger partial charge >= 0.3 is 0 Å². The third-order valence-corrected chi connectivity index (χ3v) is 4.67. The van der Waals surface area contributed by atoms with Gasteiger partial charge in [0.1, 0.15) is 23.8 Å². The first-order valence-corrected chi connectivity index (χ1v) is 9.53. The summed E-state index contributed by atoms with van der Waals surface area (Å²) in [6.45, 7) is 8.28. The maximum atomic E-state index is 12.2. The van der Waals surface area contributed by atoms with E-state index in [0.717, 1.165) is 29.2 Å². The van der Waals surface area contributed by atoms with Crippen LogP contribution in [-0.2, 0) is 6.61 Å². The molecule has 0 aliphatic heterocycles. The number of carbonyl (C=O) groups is 1. The van der Waals surface area contributed by atoms with Crippen molar-refractivity contribution in [2.24, 2.45) is 0 Å². The molecular formula is C23H26N2O3. The molecule has 1 atom stereocenters. The lowest BCUT2D eigenvalue weighted by Gasteiger charge is -2.11. The predicted octanol–water partition coefficient (Wildman–Crippen LogP) is 5.07. The zero-order chi connectivity index (χ0) is 20.1. The van der Waals surface area contributed by atoms with E-state index in [1.54, 1.807) is 12.1 Å². The van der Waals surface area contributed by atoms with Crippen LogP contribution in [0.4, 0.5) is 0 Å². The highest BCUT2D eigenvalue weighted by Gasteiger charge is 2.14. The van der Waals surface area contributed by atoms with Crippen LogP contribution in [0.5, 0.6) is 5.75 Å². The molecule has 0 spiro atoms. The van der Waals surface area contributed by atoms with Gasteiger partial charge in [-0.25, -0.2) is 4.98 Å². The van der Waals surface area contributed by atoms with Crippen molar-refractivity contribution in [2.45, 2.75) is 46.8 Å². The Labute approximate surface area is 165 Å². The number of rotatable bonds is 7. The maximum Gasteiger partial charge on any atom is 0.251 e. The second-order valence-electron chi connectivity index (χ2n) is 6.98. The minimum atomic E-state index is -0.0725. The summed E-state index contributed by atoms with van der Waals surface area (Å²) in [6, 6.07) is 15.3. The van der Waals surface area contributed by atoms with E-state index in [2.05, 4.69) is 10.3 Å². The van der Waals surface area contributed by atoms with Crippen molar-refractivity contribution in [1.82, 2.24) is 10.3 Å². The first-order valence-electron chi connectivity index (χ1n) is 9.53. The Morgan fingerprint density at radius 2 is 1.79 bits per heavy atom. The number of amides is 1. The summed E-state index contributed by atoms with van der Waals surface area (Å²) in [4.78, 5) is 16.8. The molecule has 0 saturated heterocycles. The number of nitrogens with one attached hydrogen (secondary N) is 1. The van der Waals surface area contributed by atoms with Crippen molar-refractivity contribution >= 4 is 5.91 Å². The molecule has 1 amide bonds. The first kappa shape index (κ1) is 19.7. The number of aryl methyl sites for hydroxylation is 2. The minimum Gasteiger partial charge on any atom is -0.487 e. The van der Waals surface area contributed by atoms with E-state index in [4.69, 9.17) is 9.15 Å². The van der Waals surface area contributed by atoms with Gasteiger partial charge < -0.3 is 14.5 Å². The molecule has 1 aromatic heterocycles. The number of aromatic nitrogens is 1. The monoisotopic (exact) mass is 378 g/mol. The summed E-state index contributed by atoms with van der Waals surface area (Å²) in [7, 11) is 0. The minimum absolute atomic E-state index is 0.0725. The fourth-order valence-electron chi connectivity index (χ4n) is 2.64. The number of nitrogens with zero attached hydrogens (tertiary/aromatic N) is 1. The Bertz CT molecular complexity index is 927. The molecule has 1 N–H and O–H groups in total. The van der Waals surface area contributed by atoms with Crippen LogP contribution >= 0.6 is 0 Å². The Balaban J connectivity index is 1.68. The van der Waals surface area contributed by atoms with Crippen LogP contribution in [0.3, 0.4) is 0 Å². The normalized spacial score (nSPS) is 11.9. The quantitative estimate of drug-likeness (QED) is 0.624. The standard InChI is InChI=1S/C23H26N2O3/c1-5-16(3)24-22(26)18-8-10-19(11-9-18)23-25-21(17(4)28-23)14-27-20-12-6-15(2)7-13-20/h6-13,16H,5,14H2,1-4H3,(H,24,26)/t16-/m0/s1. The highest BCUT2D eigenvalue weighted by molar-refractivity contribution is 5.94. The zero-order valence-electron chi connectivity index (χ0n) is 16.8. The van der Waals surface area contributed by atoms with Crippen LogP contribution in [0.25, 0.3) is 11.5 Å². The number of hydrogen-bond donors (Lipinski definition) is 1. The highest BCUT2D eigenvalue weighted by Crippen LogP contribution is 2.23. The molecule has 1 heterocycles. The molecular weight excluding hydrogens is 352 g/mol. The molecule has 0 fully saturated rings. The predicted molar refractivity (Wildman–Crippen MR) is 109 cm³/mol. The van der Waals surface area contributed by atoms with Crippen LogP contribution in [0, 0.1) is 13.8 Å². The van der Waals surface area contributed by atoms with Crippen molar-refractivity contribution < 1.29 is 13.9 Å². The largest absolute Gasteiger partial charge is 0.487 e.